The highest BCUT2D eigenvalue weighted by molar-refractivity contribution is 9.10. The molecule has 0 radical (unpaired) electrons. The quantitative estimate of drug-likeness (QED) is 0.735. The van der Waals surface area contributed by atoms with E-state index >= 15 is 0 Å². The lowest BCUT2D eigenvalue weighted by Crippen LogP contribution is -2.39. The topological polar surface area (TPSA) is 61.4 Å². The summed E-state index contributed by atoms with van der Waals surface area (Å²) in [5.74, 6) is 0. The first-order valence-electron chi connectivity index (χ1n) is 6.72. The summed E-state index contributed by atoms with van der Waals surface area (Å²) in [7, 11) is 0. The van der Waals surface area contributed by atoms with E-state index in [1.54, 1.807) is 31.2 Å². The summed E-state index contributed by atoms with van der Waals surface area (Å²) in [6.07, 6.45) is -0.793. The molecule has 2 atom stereocenters. The Hall–Kier alpha value is -1.56. The number of halogens is 2. The summed E-state index contributed by atoms with van der Waals surface area (Å²) in [5.41, 5.74) is 1.33. The summed E-state index contributed by atoms with van der Waals surface area (Å²) in [6.45, 7) is 1.74. The van der Waals surface area contributed by atoms with E-state index in [4.69, 9.17) is 11.6 Å². The molecule has 22 heavy (non-hydrogen) atoms. The van der Waals surface area contributed by atoms with Gasteiger partial charge in [-0.25, -0.2) is 4.79 Å². The van der Waals surface area contributed by atoms with E-state index in [9.17, 15) is 9.90 Å². The molecule has 0 aliphatic heterocycles. The number of aliphatic hydroxyl groups is 1. The number of aliphatic hydroxyl groups excluding tert-OH is 1. The van der Waals surface area contributed by atoms with Gasteiger partial charge in [-0.15, -0.1) is 0 Å². The summed E-state index contributed by atoms with van der Waals surface area (Å²) in [4.78, 5) is 11.9. The van der Waals surface area contributed by atoms with Gasteiger partial charge in [-0.1, -0.05) is 45.7 Å². The normalized spacial score (nSPS) is 13.3. The first-order valence-corrected chi connectivity index (χ1v) is 7.89. The molecule has 0 unspecified atom stereocenters. The van der Waals surface area contributed by atoms with Gasteiger partial charge in [-0.2, -0.15) is 0 Å². The van der Waals surface area contributed by atoms with Crippen molar-refractivity contribution in [1.29, 1.82) is 0 Å². The fourth-order valence-corrected chi connectivity index (χ4v) is 2.42. The predicted molar refractivity (Wildman–Crippen MR) is 92.2 cm³/mol. The van der Waals surface area contributed by atoms with Gasteiger partial charge in [0, 0.05) is 15.2 Å². The van der Waals surface area contributed by atoms with Crippen LogP contribution >= 0.6 is 27.5 Å². The molecule has 0 saturated carbocycles. The van der Waals surface area contributed by atoms with Crippen molar-refractivity contribution in [2.75, 3.05) is 5.32 Å². The van der Waals surface area contributed by atoms with Crippen LogP contribution in [0.15, 0.2) is 53.0 Å². The van der Waals surface area contributed by atoms with Gasteiger partial charge in [-0.05, 0) is 42.8 Å². The van der Waals surface area contributed by atoms with Crippen LogP contribution in [0.2, 0.25) is 5.02 Å². The summed E-state index contributed by atoms with van der Waals surface area (Å²) < 4.78 is 0.933. The van der Waals surface area contributed by atoms with Gasteiger partial charge in [0.15, 0.2) is 0 Å². The van der Waals surface area contributed by atoms with Crippen LogP contribution in [-0.2, 0) is 0 Å². The second kappa shape index (κ2) is 7.63. The molecule has 0 aliphatic carbocycles. The van der Waals surface area contributed by atoms with Crippen LogP contribution in [0.1, 0.15) is 18.6 Å². The third kappa shape index (κ3) is 4.73. The molecule has 4 nitrogen and oxygen atoms in total. The maximum absolute atomic E-state index is 11.9. The van der Waals surface area contributed by atoms with Crippen LogP contribution in [0.3, 0.4) is 0 Å². The molecular weight excluding hydrogens is 368 g/mol. The van der Waals surface area contributed by atoms with Gasteiger partial charge in [-0.3, -0.25) is 0 Å². The number of carbonyl (C=O) groups is 1. The average molecular weight is 384 g/mol. The van der Waals surface area contributed by atoms with Gasteiger partial charge in [0.1, 0.15) is 0 Å². The second-order valence-electron chi connectivity index (χ2n) is 4.89. The zero-order valence-corrected chi connectivity index (χ0v) is 14.2. The van der Waals surface area contributed by atoms with Crippen LogP contribution in [0.4, 0.5) is 10.5 Å². The molecule has 0 aliphatic rings. The number of nitrogens with one attached hydrogen (secondary N) is 2. The molecule has 2 rings (SSSR count). The third-order valence-corrected chi connectivity index (χ3v) is 3.89. The minimum atomic E-state index is -0.793. The highest BCUT2D eigenvalue weighted by Crippen LogP contribution is 2.20. The first kappa shape index (κ1) is 16.8. The number of amides is 2. The summed E-state index contributed by atoms with van der Waals surface area (Å²) in [5, 5.41) is 16.2. The number of carbonyl (C=O) groups excluding carboxylic acids is 1. The lowest BCUT2D eigenvalue weighted by Gasteiger charge is -2.21. The molecule has 0 bridgehead atoms. The number of hydrogen-bond acceptors (Lipinski definition) is 2. The molecule has 2 aromatic carbocycles. The van der Waals surface area contributed by atoms with Crippen LogP contribution in [0.5, 0.6) is 0 Å². The molecule has 0 heterocycles. The fourth-order valence-electron chi connectivity index (χ4n) is 1.97. The van der Waals surface area contributed by atoms with Crippen molar-refractivity contribution in [2.45, 2.75) is 19.1 Å². The Morgan fingerprint density at radius 2 is 1.91 bits per heavy atom. The molecule has 3 N–H and O–H groups in total. The van der Waals surface area contributed by atoms with E-state index in [0.717, 1.165) is 10.0 Å². The molecule has 116 valence electrons. The Bertz CT molecular complexity index is 649. The summed E-state index contributed by atoms with van der Waals surface area (Å²) in [6, 6.07) is 13.3. The SMILES string of the molecule is C[C@H](NC(=O)Nc1cccc(Cl)c1)[C@@H](O)c1ccc(Br)cc1. The number of benzene rings is 2. The van der Waals surface area contributed by atoms with E-state index in [-0.39, 0.29) is 0 Å². The zero-order chi connectivity index (χ0) is 16.1. The van der Waals surface area contributed by atoms with E-state index in [1.165, 1.54) is 0 Å². The number of urea groups is 1. The Kier molecular flexibility index (Phi) is 5.83. The minimum absolute atomic E-state index is 0.397. The Balaban J connectivity index is 1.94. The number of hydrogen-bond donors (Lipinski definition) is 3. The van der Waals surface area contributed by atoms with Crippen molar-refractivity contribution in [1.82, 2.24) is 5.32 Å². The van der Waals surface area contributed by atoms with E-state index in [1.807, 2.05) is 24.3 Å². The number of rotatable bonds is 4. The van der Waals surface area contributed by atoms with Gasteiger partial charge in [0.25, 0.3) is 0 Å². The van der Waals surface area contributed by atoms with Crippen molar-refractivity contribution in [3.05, 3.63) is 63.6 Å². The van der Waals surface area contributed by atoms with Gasteiger partial charge < -0.3 is 15.7 Å². The van der Waals surface area contributed by atoms with E-state index in [2.05, 4.69) is 26.6 Å². The van der Waals surface area contributed by atoms with Crippen molar-refractivity contribution in [2.24, 2.45) is 0 Å². The molecule has 0 saturated heterocycles. The first-order chi connectivity index (χ1) is 10.5. The maximum Gasteiger partial charge on any atom is 0.319 e. The standard InChI is InChI=1S/C16H16BrClN2O2/c1-10(15(21)11-5-7-12(17)8-6-11)19-16(22)20-14-4-2-3-13(18)9-14/h2-10,15,21H,1H3,(H2,19,20,22)/t10-,15+/m0/s1. The lowest BCUT2D eigenvalue weighted by atomic mass is 10.0. The average Bonchev–Trinajstić information content (AvgIpc) is 2.47. The van der Waals surface area contributed by atoms with Crippen LogP contribution in [0.25, 0.3) is 0 Å². The van der Waals surface area contributed by atoms with Crippen molar-refractivity contribution in [3.63, 3.8) is 0 Å². The van der Waals surface area contributed by atoms with Gasteiger partial charge in [0.05, 0.1) is 12.1 Å². The highest BCUT2D eigenvalue weighted by atomic mass is 79.9. The van der Waals surface area contributed by atoms with Crippen LogP contribution < -0.4 is 10.6 Å². The Labute approximate surface area is 142 Å². The molecular formula is C16H16BrClN2O2. The van der Waals surface area contributed by atoms with Crippen molar-refractivity contribution in [3.8, 4) is 0 Å². The Morgan fingerprint density at radius 3 is 2.55 bits per heavy atom. The molecule has 0 fully saturated rings. The molecule has 2 aromatic rings. The Morgan fingerprint density at radius 1 is 1.23 bits per heavy atom. The molecule has 0 spiro atoms. The third-order valence-electron chi connectivity index (χ3n) is 3.13. The minimum Gasteiger partial charge on any atom is -0.386 e. The monoisotopic (exact) mass is 382 g/mol. The van der Waals surface area contributed by atoms with Crippen LogP contribution in [0, 0.1) is 0 Å². The van der Waals surface area contributed by atoms with Gasteiger partial charge in [0.2, 0.25) is 0 Å². The predicted octanol–water partition coefficient (Wildman–Crippen LogP) is 4.35. The fraction of sp³-hybridized carbons (Fsp3) is 0.188. The zero-order valence-electron chi connectivity index (χ0n) is 11.9. The van der Waals surface area contributed by atoms with Gasteiger partial charge >= 0.3 is 6.03 Å². The molecule has 0 aromatic heterocycles. The molecule has 2 amide bonds. The number of anilines is 1. The maximum atomic E-state index is 11.9. The lowest BCUT2D eigenvalue weighted by molar-refractivity contribution is 0.139. The largest absolute Gasteiger partial charge is 0.386 e. The second-order valence-corrected chi connectivity index (χ2v) is 6.25. The smallest absolute Gasteiger partial charge is 0.319 e. The van der Waals surface area contributed by atoms with Crippen molar-refractivity contribution < 1.29 is 9.90 Å². The summed E-state index contributed by atoms with van der Waals surface area (Å²) >= 11 is 9.20. The molecule has 6 heteroatoms. The van der Waals surface area contributed by atoms with Crippen LogP contribution in [-0.4, -0.2) is 17.2 Å². The highest BCUT2D eigenvalue weighted by Gasteiger charge is 2.18. The van der Waals surface area contributed by atoms with E-state index < -0.39 is 18.2 Å². The van der Waals surface area contributed by atoms with Crippen molar-refractivity contribution >= 4 is 39.2 Å². The van der Waals surface area contributed by atoms with E-state index in [0.29, 0.717) is 10.7 Å².